The monoisotopic (exact) mass is 284 g/mol. The summed E-state index contributed by atoms with van der Waals surface area (Å²) in [6.45, 7) is 10.2. The molecular weight excluding hydrogens is 256 g/mol. The maximum Gasteiger partial charge on any atom is 0.249 e. The fourth-order valence-electron chi connectivity index (χ4n) is 3.01. The third-order valence-electron chi connectivity index (χ3n) is 4.30. The number of carbonyl (C=O) groups is 2. The van der Waals surface area contributed by atoms with Gasteiger partial charge in [0, 0.05) is 7.11 Å². The zero-order valence-electron chi connectivity index (χ0n) is 13.5. The number of ether oxygens (including phenoxy) is 1. The van der Waals surface area contributed by atoms with Crippen molar-refractivity contribution in [3.63, 3.8) is 0 Å². The molecule has 5 heteroatoms. The number of carbonyl (C=O) groups excluding carboxylic acids is 2. The molecular formula is C15H28N2O3. The number of methoxy groups -OCH3 is 1. The number of nitrogens with zero attached hydrogens (tertiary/aromatic N) is 1. The van der Waals surface area contributed by atoms with Crippen molar-refractivity contribution in [3.05, 3.63) is 0 Å². The quantitative estimate of drug-likeness (QED) is 0.805. The van der Waals surface area contributed by atoms with Gasteiger partial charge < -0.3 is 15.0 Å². The smallest absolute Gasteiger partial charge is 0.249 e. The maximum absolute atomic E-state index is 12.9. The highest BCUT2D eigenvalue weighted by molar-refractivity contribution is 6.00. The molecule has 2 atom stereocenters. The number of rotatable bonds is 6. The predicted octanol–water partition coefficient (Wildman–Crippen LogP) is 1.56. The fourth-order valence-corrected chi connectivity index (χ4v) is 3.01. The van der Waals surface area contributed by atoms with E-state index in [0.29, 0.717) is 19.4 Å². The second kappa shape index (κ2) is 6.57. The van der Waals surface area contributed by atoms with Gasteiger partial charge in [0.1, 0.15) is 11.6 Å². The summed E-state index contributed by atoms with van der Waals surface area (Å²) >= 11 is 0. The third kappa shape index (κ3) is 2.82. The molecule has 0 spiro atoms. The number of piperazine rings is 1. The van der Waals surface area contributed by atoms with Crippen molar-refractivity contribution in [2.75, 3.05) is 13.7 Å². The van der Waals surface area contributed by atoms with Gasteiger partial charge in [-0.1, -0.05) is 27.7 Å². The highest BCUT2D eigenvalue weighted by Gasteiger charge is 2.50. The molecule has 0 aromatic heterocycles. The Kier molecular flexibility index (Phi) is 5.57. The molecule has 1 saturated heterocycles. The van der Waals surface area contributed by atoms with E-state index < -0.39 is 11.6 Å². The second-order valence-electron chi connectivity index (χ2n) is 5.98. The standard InChI is InChI=1S/C15H28N2O3/c1-7-15(8-2)14(19)17(11(5)9-20-6)12(10(3)4)13(18)16-15/h10-12H,7-9H2,1-6H3,(H,16,18). The van der Waals surface area contributed by atoms with Crippen molar-refractivity contribution < 1.29 is 14.3 Å². The van der Waals surface area contributed by atoms with Crippen molar-refractivity contribution in [1.29, 1.82) is 0 Å². The molecule has 5 nitrogen and oxygen atoms in total. The molecule has 0 aromatic carbocycles. The lowest BCUT2D eigenvalue weighted by Gasteiger charge is -2.49. The van der Waals surface area contributed by atoms with Crippen molar-refractivity contribution in [1.82, 2.24) is 10.2 Å². The zero-order valence-corrected chi connectivity index (χ0v) is 13.5. The van der Waals surface area contributed by atoms with Gasteiger partial charge in [0.15, 0.2) is 0 Å². The summed E-state index contributed by atoms with van der Waals surface area (Å²) in [5.74, 6) is 0.0431. The molecule has 1 heterocycles. The van der Waals surface area contributed by atoms with Gasteiger partial charge in [-0.15, -0.1) is 0 Å². The van der Waals surface area contributed by atoms with E-state index in [0.717, 1.165) is 0 Å². The Bertz CT molecular complexity index is 364. The first-order chi connectivity index (χ1) is 9.34. The molecule has 1 rings (SSSR count). The minimum absolute atomic E-state index is 0.0188. The lowest BCUT2D eigenvalue weighted by Crippen LogP contribution is -2.72. The summed E-state index contributed by atoms with van der Waals surface area (Å²) in [7, 11) is 1.61. The Labute approximate surface area is 122 Å². The maximum atomic E-state index is 12.9. The molecule has 0 aliphatic carbocycles. The van der Waals surface area contributed by atoms with E-state index >= 15 is 0 Å². The molecule has 20 heavy (non-hydrogen) atoms. The summed E-state index contributed by atoms with van der Waals surface area (Å²) in [5, 5.41) is 2.97. The predicted molar refractivity (Wildman–Crippen MR) is 78.3 cm³/mol. The first-order valence-corrected chi connectivity index (χ1v) is 7.48. The topological polar surface area (TPSA) is 58.6 Å². The van der Waals surface area contributed by atoms with E-state index in [1.807, 2.05) is 34.6 Å². The average molecular weight is 284 g/mol. The lowest BCUT2D eigenvalue weighted by molar-refractivity contribution is -0.161. The Morgan fingerprint density at radius 3 is 2.20 bits per heavy atom. The number of nitrogens with one attached hydrogen (secondary N) is 1. The Hall–Kier alpha value is -1.10. The Morgan fingerprint density at radius 2 is 1.80 bits per heavy atom. The van der Waals surface area contributed by atoms with Gasteiger partial charge in [0.25, 0.3) is 0 Å². The molecule has 2 amide bonds. The van der Waals surface area contributed by atoms with Gasteiger partial charge >= 0.3 is 0 Å². The molecule has 0 aromatic rings. The molecule has 1 aliphatic rings. The Balaban J connectivity index is 3.20. The second-order valence-corrected chi connectivity index (χ2v) is 5.98. The van der Waals surface area contributed by atoms with E-state index in [9.17, 15) is 9.59 Å². The number of hydrogen-bond donors (Lipinski definition) is 1. The van der Waals surface area contributed by atoms with Crippen LogP contribution in [0.25, 0.3) is 0 Å². The molecule has 0 bridgehead atoms. The molecule has 0 radical (unpaired) electrons. The van der Waals surface area contributed by atoms with Crippen LogP contribution in [0.3, 0.4) is 0 Å². The molecule has 2 unspecified atom stereocenters. The molecule has 1 fully saturated rings. The molecule has 1 N–H and O–H groups in total. The van der Waals surface area contributed by atoms with Crippen LogP contribution in [0.2, 0.25) is 0 Å². The summed E-state index contributed by atoms with van der Waals surface area (Å²) in [6, 6.07) is -0.526. The highest BCUT2D eigenvalue weighted by Crippen LogP contribution is 2.29. The largest absolute Gasteiger partial charge is 0.383 e. The fraction of sp³-hybridized carbons (Fsp3) is 0.867. The van der Waals surface area contributed by atoms with Crippen LogP contribution >= 0.6 is 0 Å². The number of hydrogen-bond acceptors (Lipinski definition) is 3. The molecule has 1 aliphatic heterocycles. The first-order valence-electron chi connectivity index (χ1n) is 7.48. The van der Waals surface area contributed by atoms with Gasteiger partial charge in [0.05, 0.1) is 12.6 Å². The van der Waals surface area contributed by atoms with Crippen LogP contribution in [0.15, 0.2) is 0 Å². The van der Waals surface area contributed by atoms with Crippen LogP contribution in [-0.2, 0) is 14.3 Å². The van der Waals surface area contributed by atoms with Crippen molar-refractivity contribution in [2.24, 2.45) is 5.92 Å². The van der Waals surface area contributed by atoms with Crippen molar-refractivity contribution in [2.45, 2.75) is 65.1 Å². The van der Waals surface area contributed by atoms with Gasteiger partial charge in [-0.05, 0) is 25.7 Å². The zero-order chi connectivity index (χ0) is 15.5. The normalized spacial score (nSPS) is 23.9. The first kappa shape index (κ1) is 17.0. The highest BCUT2D eigenvalue weighted by atomic mass is 16.5. The summed E-state index contributed by atoms with van der Waals surface area (Å²) in [6.07, 6.45) is 1.21. The third-order valence-corrected chi connectivity index (χ3v) is 4.30. The van der Waals surface area contributed by atoms with Crippen LogP contribution in [0.5, 0.6) is 0 Å². The van der Waals surface area contributed by atoms with Gasteiger partial charge in [-0.3, -0.25) is 9.59 Å². The van der Waals surface area contributed by atoms with E-state index in [2.05, 4.69) is 5.32 Å². The van der Waals surface area contributed by atoms with Crippen LogP contribution in [0, 0.1) is 5.92 Å². The van der Waals surface area contributed by atoms with Gasteiger partial charge in [-0.2, -0.15) is 0 Å². The number of amides is 2. The van der Waals surface area contributed by atoms with Gasteiger partial charge in [0.2, 0.25) is 11.8 Å². The van der Waals surface area contributed by atoms with E-state index in [4.69, 9.17) is 4.74 Å². The lowest BCUT2D eigenvalue weighted by atomic mass is 9.84. The minimum Gasteiger partial charge on any atom is -0.383 e. The van der Waals surface area contributed by atoms with Crippen molar-refractivity contribution >= 4 is 11.8 Å². The summed E-state index contributed by atoms with van der Waals surface area (Å²) in [4.78, 5) is 27.2. The average Bonchev–Trinajstić information content (AvgIpc) is 2.40. The molecule has 116 valence electrons. The summed E-state index contributed by atoms with van der Waals surface area (Å²) < 4.78 is 5.18. The van der Waals surface area contributed by atoms with Crippen LogP contribution in [-0.4, -0.2) is 48.1 Å². The van der Waals surface area contributed by atoms with Crippen LogP contribution < -0.4 is 5.32 Å². The van der Waals surface area contributed by atoms with E-state index in [-0.39, 0.29) is 23.8 Å². The van der Waals surface area contributed by atoms with E-state index in [1.54, 1.807) is 12.0 Å². The summed E-state index contributed by atoms with van der Waals surface area (Å²) in [5.41, 5.74) is -0.759. The minimum atomic E-state index is -0.759. The van der Waals surface area contributed by atoms with Crippen molar-refractivity contribution in [3.8, 4) is 0 Å². The van der Waals surface area contributed by atoms with Crippen LogP contribution in [0.4, 0.5) is 0 Å². The van der Waals surface area contributed by atoms with E-state index in [1.165, 1.54) is 0 Å². The van der Waals surface area contributed by atoms with Crippen LogP contribution in [0.1, 0.15) is 47.5 Å². The van der Waals surface area contributed by atoms with Gasteiger partial charge in [-0.25, -0.2) is 0 Å². The Morgan fingerprint density at radius 1 is 1.25 bits per heavy atom. The molecule has 0 saturated carbocycles. The SMILES string of the molecule is CCC1(CC)NC(=O)C(C(C)C)N(C(C)COC)C1=O.